The third-order valence-corrected chi connectivity index (χ3v) is 2.47. The van der Waals surface area contributed by atoms with Crippen LogP contribution in [0.1, 0.15) is 25.5 Å². The summed E-state index contributed by atoms with van der Waals surface area (Å²) in [6.07, 6.45) is -0.101. The maximum Gasteiger partial charge on any atom is 0.353 e. The number of ether oxygens (including phenoxy) is 2. The van der Waals surface area contributed by atoms with E-state index in [-0.39, 0.29) is 16.9 Å². The average Bonchev–Trinajstić information content (AvgIpc) is 2.41. The number of hydrogen-bond donors (Lipinski definition) is 0. The Labute approximate surface area is 88.8 Å². The highest BCUT2D eigenvalue weighted by Gasteiger charge is 2.42. The first-order valence-corrected chi connectivity index (χ1v) is 4.95. The van der Waals surface area contributed by atoms with E-state index in [0.717, 1.165) is 5.56 Å². The molecule has 0 N–H and O–H groups in total. The van der Waals surface area contributed by atoms with E-state index >= 15 is 0 Å². The van der Waals surface area contributed by atoms with Crippen molar-refractivity contribution in [1.29, 1.82) is 0 Å². The van der Waals surface area contributed by atoms with Gasteiger partial charge in [-0.15, -0.1) is 0 Å². The van der Waals surface area contributed by atoms with Crippen LogP contribution < -0.4 is 0 Å². The largest absolute Gasteiger partial charge is 0.446 e. The minimum Gasteiger partial charge on any atom is -0.446 e. The van der Waals surface area contributed by atoms with Gasteiger partial charge in [-0.2, -0.15) is 0 Å². The molecule has 1 saturated heterocycles. The van der Waals surface area contributed by atoms with Crippen LogP contribution in [0.3, 0.4) is 0 Å². The molecule has 1 fully saturated rings. The van der Waals surface area contributed by atoms with Gasteiger partial charge in [0.2, 0.25) is 0 Å². The van der Waals surface area contributed by atoms with Crippen LogP contribution in [0.15, 0.2) is 30.3 Å². The van der Waals surface area contributed by atoms with Gasteiger partial charge in [0, 0.05) is 12.2 Å². The van der Waals surface area contributed by atoms with E-state index in [9.17, 15) is 0 Å². The lowest BCUT2D eigenvalue weighted by Crippen LogP contribution is -2.26. The predicted molar refractivity (Wildman–Crippen MR) is 58.0 cm³/mol. The molecule has 1 aliphatic heterocycles. The van der Waals surface area contributed by atoms with Crippen molar-refractivity contribution in [3.8, 4) is 0 Å². The van der Waals surface area contributed by atoms with Gasteiger partial charge in [0.05, 0.1) is 0 Å². The Morgan fingerprint density at radius 3 is 2.36 bits per heavy atom. The highest BCUT2D eigenvalue weighted by atomic mass is 32.1. The normalized spacial score (nSPS) is 24.1. The summed E-state index contributed by atoms with van der Waals surface area (Å²) < 4.78 is 10.9. The fourth-order valence-electron chi connectivity index (χ4n) is 1.63. The van der Waals surface area contributed by atoms with Crippen molar-refractivity contribution in [1.82, 2.24) is 0 Å². The highest BCUT2D eigenvalue weighted by Crippen LogP contribution is 2.38. The van der Waals surface area contributed by atoms with Crippen LogP contribution in [0.5, 0.6) is 0 Å². The smallest absolute Gasteiger partial charge is 0.353 e. The third kappa shape index (κ3) is 1.60. The van der Waals surface area contributed by atoms with E-state index in [1.54, 1.807) is 0 Å². The third-order valence-electron chi connectivity index (χ3n) is 2.29. The highest BCUT2D eigenvalue weighted by molar-refractivity contribution is 7.79. The van der Waals surface area contributed by atoms with Gasteiger partial charge in [-0.25, -0.2) is 0 Å². The molecule has 1 unspecified atom stereocenters. The molecule has 1 aliphatic rings. The summed E-state index contributed by atoms with van der Waals surface area (Å²) in [4.78, 5) is 0. The summed E-state index contributed by atoms with van der Waals surface area (Å²) in [7, 11) is 0. The SMILES string of the molecule is CC1(C)OC(=S)OC1c1ccccc1. The summed E-state index contributed by atoms with van der Waals surface area (Å²) in [6.45, 7) is 3.95. The minimum atomic E-state index is -0.377. The molecule has 0 aromatic heterocycles. The molecule has 3 heteroatoms. The molecule has 0 amide bonds. The van der Waals surface area contributed by atoms with Gasteiger partial charge < -0.3 is 9.47 Å². The number of rotatable bonds is 1. The van der Waals surface area contributed by atoms with Crippen molar-refractivity contribution in [3.63, 3.8) is 0 Å². The molecule has 1 heterocycles. The Morgan fingerprint density at radius 1 is 1.21 bits per heavy atom. The Hall–Kier alpha value is -1.09. The zero-order valence-electron chi connectivity index (χ0n) is 8.19. The minimum absolute atomic E-state index is 0.101. The van der Waals surface area contributed by atoms with Gasteiger partial charge in [-0.3, -0.25) is 0 Å². The lowest BCUT2D eigenvalue weighted by molar-refractivity contribution is 0.0721. The average molecular weight is 208 g/mol. The van der Waals surface area contributed by atoms with Crippen molar-refractivity contribution in [2.75, 3.05) is 0 Å². The van der Waals surface area contributed by atoms with Crippen molar-refractivity contribution < 1.29 is 9.47 Å². The Balaban J connectivity index is 2.32. The van der Waals surface area contributed by atoms with Gasteiger partial charge in [0.1, 0.15) is 5.60 Å². The van der Waals surface area contributed by atoms with Gasteiger partial charge in [0.15, 0.2) is 6.10 Å². The number of hydrogen-bond acceptors (Lipinski definition) is 3. The predicted octanol–water partition coefficient (Wildman–Crippen LogP) is 2.84. The maximum absolute atomic E-state index is 5.47. The molecule has 1 aromatic rings. The molecule has 0 radical (unpaired) electrons. The Kier molecular flexibility index (Phi) is 2.19. The van der Waals surface area contributed by atoms with E-state index in [1.807, 2.05) is 44.2 Å². The monoisotopic (exact) mass is 208 g/mol. The molecule has 0 saturated carbocycles. The van der Waals surface area contributed by atoms with Gasteiger partial charge in [-0.1, -0.05) is 30.3 Å². The van der Waals surface area contributed by atoms with Crippen LogP contribution in [0.2, 0.25) is 0 Å². The first-order chi connectivity index (χ1) is 6.59. The van der Waals surface area contributed by atoms with Gasteiger partial charge in [-0.05, 0) is 19.4 Å². The standard InChI is InChI=1S/C11H12O2S/c1-11(2)9(12-10(14)13-11)8-6-4-3-5-7-8/h3-7,9H,1-2H3. The molecule has 14 heavy (non-hydrogen) atoms. The Bertz CT molecular complexity index is 346. The van der Waals surface area contributed by atoms with Gasteiger partial charge >= 0.3 is 5.24 Å². The fraction of sp³-hybridized carbons (Fsp3) is 0.364. The van der Waals surface area contributed by atoms with Crippen LogP contribution in [0.25, 0.3) is 0 Å². The zero-order valence-corrected chi connectivity index (χ0v) is 9.01. The fourth-order valence-corrected chi connectivity index (χ4v) is 1.94. The van der Waals surface area contributed by atoms with Crippen molar-refractivity contribution in [2.24, 2.45) is 0 Å². The summed E-state index contributed by atoms with van der Waals surface area (Å²) in [5, 5.41) is 0.240. The second-order valence-corrected chi connectivity index (χ2v) is 4.20. The second kappa shape index (κ2) is 3.24. The van der Waals surface area contributed by atoms with Crippen LogP contribution in [-0.4, -0.2) is 10.8 Å². The molecule has 0 aliphatic carbocycles. The Morgan fingerprint density at radius 2 is 1.86 bits per heavy atom. The molecule has 1 atom stereocenters. The second-order valence-electron chi connectivity index (χ2n) is 3.86. The molecule has 2 rings (SSSR count). The number of thiocarbonyl (C=S) groups is 1. The molecular formula is C11H12O2S. The van der Waals surface area contributed by atoms with E-state index in [4.69, 9.17) is 21.7 Å². The van der Waals surface area contributed by atoms with Crippen LogP contribution in [-0.2, 0) is 9.47 Å². The first-order valence-electron chi connectivity index (χ1n) is 4.54. The summed E-state index contributed by atoms with van der Waals surface area (Å²) >= 11 is 4.90. The molecule has 0 spiro atoms. The molecular weight excluding hydrogens is 196 g/mol. The zero-order chi connectivity index (χ0) is 10.2. The summed E-state index contributed by atoms with van der Waals surface area (Å²) in [5.41, 5.74) is 0.718. The molecule has 1 aromatic carbocycles. The van der Waals surface area contributed by atoms with Crippen LogP contribution >= 0.6 is 12.2 Å². The van der Waals surface area contributed by atoms with E-state index in [1.165, 1.54) is 0 Å². The lowest BCUT2D eigenvalue weighted by atomic mass is 9.95. The van der Waals surface area contributed by atoms with Crippen molar-refractivity contribution >= 4 is 17.5 Å². The van der Waals surface area contributed by atoms with Crippen LogP contribution in [0.4, 0.5) is 0 Å². The van der Waals surface area contributed by atoms with Crippen molar-refractivity contribution in [3.05, 3.63) is 35.9 Å². The quantitative estimate of drug-likeness (QED) is 0.661. The molecule has 2 nitrogen and oxygen atoms in total. The first kappa shape index (κ1) is 9.46. The van der Waals surface area contributed by atoms with Gasteiger partial charge in [0.25, 0.3) is 0 Å². The van der Waals surface area contributed by atoms with E-state index < -0.39 is 0 Å². The lowest BCUT2D eigenvalue weighted by Gasteiger charge is -2.22. The summed E-state index contributed by atoms with van der Waals surface area (Å²) in [5.74, 6) is 0. The number of benzene rings is 1. The van der Waals surface area contributed by atoms with E-state index in [2.05, 4.69) is 0 Å². The maximum atomic E-state index is 5.47. The van der Waals surface area contributed by atoms with Crippen molar-refractivity contribution in [2.45, 2.75) is 25.6 Å². The van der Waals surface area contributed by atoms with Crippen LogP contribution in [0, 0.1) is 0 Å². The van der Waals surface area contributed by atoms with E-state index in [0.29, 0.717) is 0 Å². The molecule has 0 bridgehead atoms. The topological polar surface area (TPSA) is 18.5 Å². The molecule has 74 valence electrons. The summed E-state index contributed by atoms with van der Waals surface area (Å²) in [6, 6.07) is 9.98.